The van der Waals surface area contributed by atoms with Gasteiger partial charge in [0.2, 0.25) is 0 Å². The van der Waals surface area contributed by atoms with Crippen molar-refractivity contribution < 1.29 is 18.3 Å². The van der Waals surface area contributed by atoms with Crippen LogP contribution in [0.5, 0.6) is 5.75 Å². The maximum Gasteiger partial charge on any atom is 0.261 e. The normalized spacial score (nSPS) is 15.8. The minimum atomic E-state index is -0.595. The van der Waals surface area contributed by atoms with Crippen LogP contribution in [0.15, 0.2) is 42.6 Å². The Labute approximate surface area is 183 Å². The van der Waals surface area contributed by atoms with E-state index in [-0.39, 0.29) is 42.5 Å². The molecule has 2 heterocycles. The van der Waals surface area contributed by atoms with Crippen LogP contribution in [0, 0.1) is 11.6 Å². The average molecular weight is 436 g/mol. The Bertz CT molecular complexity index is 1230. The second kappa shape index (κ2) is 7.78. The highest BCUT2D eigenvalue weighted by Crippen LogP contribution is 2.43. The lowest BCUT2D eigenvalue weighted by Crippen LogP contribution is -2.32. The number of rotatable bonds is 4. The lowest BCUT2D eigenvalue weighted by Gasteiger charge is -2.21. The monoisotopic (exact) mass is 436 g/mol. The fourth-order valence-electron chi connectivity index (χ4n) is 4.04. The molecule has 0 radical (unpaired) electrons. The molecule has 0 unspecified atom stereocenters. The second-order valence-electron chi connectivity index (χ2n) is 8.19. The van der Waals surface area contributed by atoms with Crippen LogP contribution in [0.3, 0.4) is 0 Å². The Morgan fingerprint density at radius 1 is 1.09 bits per heavy atom. The summed E-state index contributed by atoms with van der Waals surface area (Å²) in [7, 11) is 0. The van der Waals surface area contributed by atoms with Gasteiger partial charge in [0.1, 0.15) is 35.4 Å². The Morgan fingerprint density at radius 2 is 1.91 bits per heavy atom. The number of fused-ring (bicyclic) bond motifs is 1. The standard InChI is InChI=1S/C24H22F2N4O2/c25-18-9-14(17-5-6-29-23(28)22(17)27)3-4-15(18)12-30-7-8-32-20-11-16(13-1-2-13)10-19(26)21(20)24(30)31/h3-6,9-11,13H,1-2,7-8,12,27H2,(H2,28,29). The third kappa shape index (κ3) is 3.62. The van der Waals surface area contributed by atoms with E-state index in [1.807, 2.05) is 0 Å². The molecule has 2 aliphatic rings. The number of pyridine rings is 1. The minimum absolute atomic E-state index is 0.00840. The first-order valence-corrected chi connectivity index (χ1v) is 10.5. The van der Waals surface area contributed by atoms with Crippen molar-refractivity contribution in [3.05, 3.63) is 70.9 Å². The van der Waals surface area contributed by atoms with Crippen LogP contribution in [-0.2, 0) is 6.54 Å². The Morgan fingerprint density at radius 3 is 2.66 bits per heavy atom. The van der Waals surface area contributed by atoms with Gasteiger partial charge in [0.05, 0.1) is 12.2 Å². The van der Waals surface area contributed by atoms with Crippen LogP contribution >= 0.6 is 0 Å². The molecular formula is C24H22F2N4O2. The molecular weight excluding hydrogens is 414 g/mol. The predicted octanol–water partition coefficient (Wildman–Crippen LogP) is 4.10. The van der Waals surface area contributed by atoms with Crippen molar-refractivity contribution in [1.82, 2.24) is 9.88 Å². The van der Waals surface area contributed by atoms with Gasteiger partial charge < -0.3 is 21.1 Å². The van der Waals surface area contributed by atoms with Gasteiger partial charge in [-0.05, 0) is 54.2 Å². The lowest BCUT2D eigenvalue weighted by molar-refractivity contribution is 0.0737. The summed E-state index contributed by atoms with van der Waals surface area (Å²) in [6.45, 7) is 0.422. The van der Waals surface area contributed by atoms with Crippen LogP contribution in [0.2, 0.25) is 0 Å². The number of amides is 1. The summed E-state index contributed by atoms with van der Waals surface area (Å²) in [5.41, 5.74) is 14.2. The summed E-state index contributed by atoms with van der Waals surface area (Å²) in [5, 5.41) is 0. The second-order valence-corrected chi connectivity index (χ2v) is 8.19. The Hall–Kier alpha value is -3.68. The van der Waals surface area contributed by atoms with Crippen molar-refractivity contribution in [2.45, 2.75) is 25.3 Å². The summed E-state index contributed by atoms with van der Waals surface area (Å²) >= 11 is 0. The smallest absolute Gasteiger partial charge is 0.261 e. The molecule has 6 nitrogen and oxygen atoms in total. The van der Waals surface area contributed by atoms with Crippen molar-refractivity contribution in [1.29, 1.82) is 0 Å². The van der Waals surface area contributed by atoms with E-state index in [2.05, 4.69) is 4.98 Å². The third-order valence-electron chi connectivity index (χ3n) is 5.99. The summed E-state index contributed by atoms with van der Waals surface area (Å²) in [5.74, 6) is -0.825. The fourth-order valence-corrected chi connectivity index (χ4v) is 4.04. The zero-order valence-corrected chi connectivity index (χ0v) is 17.3. The maximum absolute atomic E-state index is 14.9. The zero-order valence-electron chi connectivity index (χ0n) is 17.3. The van der Waals surface area contributed by atoms with E-state index < -0.39 is 17.5 Å². The number of nitrogen functional groups attached to an aromatic ring is 2. The molecule has 2 aromatic carbocycles. The zero-order chi connectivity index (χ0) is 22.4. The van der Waals surface area contributed by atoms with Crippen molar-refractivity contribution in [2.24, 2.45) is 0 Å². The Balaban J connectivity index is 1.41. The molecule has 1 aromatic heterocycles. The first kappa shape index (κ1) is 20.2. The number of benzene rings is 2. The highest BCUT2D eigenvalue weighted by molar-refractivity contribution is 5.97. The van der Waals surface area contributed by atoms with Crippen LogP contribution in [0.4, 0.5) is 20.3 Å². The molecule has 4 N–H and O–H groups in total. The molecule has 5 rings (SSSR count). The van der Waals surface area contributed by atoms with E-state index in [4.69, 9.17) is 16.2 Å². The molecule has 32 heavy (non-hydrogen) atoms. The number of nitrogens with zero attached hydrogens (tertiary/aromatic N) is 2. The van der Waals surface area contributed by atoms with E-state index in [1.54, 1.807) is 24.3 Å². The average Bonchev–Trinajstić information content (AvgIpc) is 3.61. The minimum Gasteiger partial charge on any atom is -0.491 e. The first-order valence-electron chi connectivity index (χ1n) is 10.5. The van der Waals surface area contributed by atoms with Crippen LogP contribution in [0.25, 0.3) is 11.1 Å². The van der Waals surface area contributed by atoms with Crippen LogP contribution in [0.1, 0.15) is 40.2 Å². The number of halogens is 2. The number of anilines is 2. The van der Waals surface area contributed by atoms with E-state index in [9.17, 15) is 13.6 Å². The van der Waals surface area contributed by atoms with Gasteiger partial charge in [-0.2, -0.15) is 0 Å². The van der Waals surface area contributed by atoms with E-state index in [1.165, 1.54) is 23.2 Å². The van der Waals surface area contributed by atoms with Crippen molar-refractivity contribution >= 4 is 17.4 Å². The van der Waals surface area contributed by atoms with E-state index in [0.29, 0.717) is 22.6 Å². The predicted molar refractivity (Wildman–Crippen MR) is 117 cm³/mol. The quantitative estimate of drug-likeness (QED) is 0.642. The van der Waals surface area contributed by atoms with Crippen molar-refractivity contribution in [3.63, 3.8) is 0 Å². The maximum atomic E-state index is 14.9. The molecule has 0 saturated heterocycles. The molecule has 0 bridgehead atoms. The number of carbonyl (C=O) groups excluding carboxylic acids is 1. The highest BCUT2D eigenvalue weighted by Gasteiger charge is 2.31. The van der Waals surface area contributed by atoms with E-state index in [0.717, 1.165) is 18.4 Å². The summed E-state index contributed by atoms with van der Waals surface area (Å²) in [6, 6.07) is 9.48. The number of hydrogen-bond donors (Lipinski definition) is 2. The number of hydrogen-bond acceptors (Lipinski definition) is 5. The molecule has 3 aromatic rings. The van der Waals surface area contributed by atoms with Gasteiger partial charge in [-0.25, -0.2) is 13.8 Å². The fraction of sp³-hybridized carbons (Fsp3) is 0.250. The van der Waals surface area contributed by atoms with Gasteiger partial charge >= 0.3 is 0 Å². The third-order valence-corrected chi connectivity index (χ3v) is 5.99. The summed E-state index contributed by atoms with van der Waals surface area (Å²) < 4.78 is 35.5. The highest BCUT2D eigenvalue weighted by atomic mass is 19.1. The molecule has 164 valence electrons. The van der Waals surface area contributed by atoms with Gasteiger partial charge in [0.15, 0.2) is 0 Å². The van der Waals surface area contributed by atoms with Gasteiger partial charge in [-0.15, -0.1) is 0 Å². The van der Waals surface area contributed by atoms with E-state index >= 15 is 0 Å². The van der Waals surface area contributed by atoms with Crippen molar-refractivity contribution in [2.75, 3.05) is 24.6 Å². The Kier molecular flexibility index (Phi) is 4.92. The largest absolute Gasteiger partial charge is 0.491 e. The topological polar surface area (TPSA) is 94.5 Å². The molecule has 1 fully saturated rings. The van der Waals surface area contributed by atoms with Gasteiger partial charge in [-0.3, -0.25) is 4.79 Å². The molecule has 0 atom stereocenters. The number of nitrogens with two attached hydrogens (primary N) is 2. The SMILES string of the molecule is Nc1nccc(-c2ccc(CN3CCOc4cc(C5CC5)cc(F)c4C3=O)c(F)c2)c1N. The van der Waals surface area contributed by atoms with Gasteiger partial charge in [0, 0.05) is 23.9 Å². The van der Waals surface area contributed by atoms with Crippen LogP contribution < -0.4 is 16.2 Å². The first-order chi connectivity index (χ1) is 15.4. The molecule has 8 heteroatoms. The summed E-state index contributed by atoms with van der Waals surface area (Å²) in [4.78, 5) is 18.4. The summed E-state index contributed by atoms with van der Waals surface area (Å²) in [6.07, 6.45) is 3.54. The van der Waals surface area contributed by atoms with Gasteiger partial charge in [-0.1, -0.05) is 12.1 Å². The van der Waals surface area contributed by atoms with Crippen LogP contribution in [-0.4, -0.2) is 28.9 Å². The molecule has 1 aliphatic carbocycles. The lowest BCUT2D eigenvalue weighted by atomic mass is 10.0. The molecule has 0 spiro atoms. The molecule has 1 amide bonds. The molecule has 1 saturated carbocycles. The molecule has 1 aliphatic heterocycles. The number of ether oxygens (including phenoxy) is 1. The number of aromatic nitrogens is 1. The number of carbonyl (C=O) groups is 1. The van der Waals surface area contributed by atoms with Crippen molar-refractivity contribution in [3.8, 4) is 16.9 Å². The van der Waals surface area contributed by atoms with Gasteiger partial charge in [0.25, 0.3) is 5.91 Å².